The summed E-state index contributed by atoms with van der Waals surface area (Å²) in [6.07, 6.45) is 5.24. The zero-order valence-electron chi connectivity index (χ0n) is 16.7. The number of hydrogen-bond donors (Lipinski definition) is 1. The summed E-state index contributed by atoms with van der Waals surface area (Å²) in [7, 11) is 8.05. The smallest absolute Gasteiger partial charge is 0.193 e. The largest absolute Gasteiger partial charge is 0.354 e. The van der Waals surface area contributed by atoms with Crippen LogP contribution < -0.4 is 5.32 Å². The summed E-state index contributed by atoms with van der Waals surface area (Å²) in [6.45, 7) is 9.66. The van der Waals surface area contributed by atoms with Crippen LogP contribution in [-0.2, 0) is 7.05 Å². The van der Waals surface area contributed by atoms with Gasteiger partial charge in [0.25, 0.3) is 0 Å². The number of guanidine groups is 1. The summed E-state index contributed by atoms with van der Waals surface area (Å²) in [5.41, 5.74) is 1.22. The predicted molar refractivity (Wildman–Crippen MR) is 104 cm³/mol. The second-order valence-corrected chi connectivity index (χ2v) is 6.96. The number of aromatic nitrogens is 2. The molecule has 1 aromatic rings. The molecule has 0 amide bonds. The zero-order valence-corrected chi connectivity index (χ0v) is 16.7. The molecule has 0 saturated carbocycles. The third-order valence-corrected chi connectivity index (χ3v) is 5.19. The van der Waals surface area contributed by atoms with Crippen LogP contribution in [0.3, 0.4) is 0 Å². The van der Waals surface area contributed by atoms with Crippen LogP contribution in [0.25, 0.3) is 0 Å². The molecular formula is C18H35N7. The number of nitrogens with zero attached hydrogens (tertiary/aromatic N) is 6. The van der Waals surface area contributed by atoms with Gasteiger partial charge in [0.2, 0.25) is 0 Å². The topological polar surface area (TPSA) is 51.9 Å². The van der Waals surface area contributed by atoms with Gasteiger partial charge in [-0.2, -0.15) is 5.10 Å². The molecule has 142 valence electrons. The Hall–Kier alpha value is -1.60. The molecule has 2 unspecified atom stereocenters. The average molecular weight is 350 g/mol. The normalized spacial score (nSPS) is 19.9. The van der Waals surface area contributed by atoms with E-state index in [1.54, 1.807) is 0 Å². The summed E-state index contributed by atoms with van der Waals surface area (Å²) in [5, 5.41) is 7.88. The lowest BCUT2D eigenvalue weighted by Crippen LogP contribution is -2.45. The van der Waals surface area contributed by atoms with E-state index < -0.39 is 0 Å². The summed E-state index contributed by atoms with van der Waals surface area (Å²) < 4.78 is 1.86. The Balaban J connectivity index is 1.95. The van der Waals surface area contributed by atoms with Crippen molar-refractivity contribution >= 4 is 5.96 Å². The predicted octanol–water partition coefficient (Wildman–Crippen LogP) is 1.01. The Morgan fingerprint density at radius 1 is 1.40 bits per heavy atom. The monoisotopic (exact) mass is 349 g/mol. The average Bonchev–Trinajstić information content (AvgIpc) is 3.22. The number of aliphatic imine (C=N–C) groups is 1. The van der Waals surface area contributed by atoms with Gasteiger partial charge >= 0.3 is 0 Å². The molecule has 1 aliphatic heterocycles. The highest BCUT2D eigenvalue weighted by atomic mass is 15.3. The van der Waals surface area contributed by atoms with Gasteiger partial charge in [-0.3, -0.25) is 14.6 Å². The minimum atomic E-state index is 0.270. The van der Waals surface area contributed by atoms with Crippen LogP contribution in [0.15, 0.2) is 17.4 Å². The lowest BCUT2D eigenvalue weighted by Gasteiger charge is -2.29. The quantitative estimate of drug-likeness (QED) is 0.588. The number of hydrogen-bond acceptors (Lipinski definition) is 4. The highest BCUT2D eigenvalue weighted by Crippen LogP contribution is 2.18. The van der Waals surface area contributed by atoms with Gasteiger partial charge in [0.1, 0.15) is 0 Å². The molecule has 7 nitrogen and oxygen atoms in total. The van der Waals surface area contributed by atoms with Gasteiger partial charge in [0, 0.05) is 51.5 Å². The molecular weight excluding hydrogens is 314 g/mol. The Bertz CT molecular complexity index is 547. The fraction of sp³-hybridized carbons (Fsp3) is 0.778. The van der Waals surface area contributed by atoms with E-state index in [-0.39, 0.29) is 6.04 Å². The Morgan fingerprint density at radius 3 is 2.64 bits per heavy atom. The third kappa shape index (κ3) is 4.95. The number of aryl methyl sites for hydroxylation is 1. The lowest BCUT2D eigenvalue weighted by molar-refractivity contribution is 0.223. The first kappa shape index (κ1) is 19.7. The lowest BCUT2D eigenvalue weighted by atomic mass is 10.1. The van der Waals surface area contributed by atoms with Crippen molar-refractivity contribution in [1.29, 1.82) is 0 Å². The summed E-state index contributed by atoms with van der Waals surface area (Å²) in [5.74, 6) is 1.00. The van der Waals surface area contributed by atoms with E-state index in [4.69, 9.17) is 0 Å². The number of rotatable bonds is 7. The molecule has 7 heteroatoms. The van der Waals surface area contributed by atoms with Crippen molar-refractivity contribution in [2.24, 2.45) is 12.0 Å². The van der Waals surface area contributed by atoms with Crippen LogP contribution in [0.2, 0.25) is 0 Å². The second kappa shape index (κ2) is 9.20. The summed E-state index contributed by atoms with van der Waals surface area (Å²) in [6, 6.07) is 0.906. The number of likely N-dealkylation sites (tertiary alicyclic amines) is 1. The van der Waals surface area contributed by atoms with Crippen LogP contribution in [-0.4, -0.2) is 90.3 Å². The van der Waals surface area contributed by atoms with Gasteiger partial charge in [-0.15, -0.1) is 0 Å². The first-order valence-corrected chi connectivity index (χ1v) is 9.34. The van der Waals surface area contributed by atoms with Crippen LogP contribution >= 0.6 is 0 Å². The summed E-state index contributed by atoms with van der Waals surface area (Å²) in [4.78, 5) is 11.7. The molecule has 1 N–H and O–H groups in total. The maximum atomic E-state index is 4.52. The Morgan fingerprint density at radius 2 is 2.12 bits per heavy atom. The Labute approximate surface area is 152 Å². The van der Waals surface area contributed by atoms with Gasteiger partial charge in [-0.25, -0.2) is 0 Å². The Kier molecular flexibility index (Phi) is 7.25. The van der Waals surface area contributed by atoms with Crippen LogP contribution in [0, 0.1) is 0 Å². The van der Waals surface area contributed by atoms with Crippen molar-refractivity contribution in [1.82, 2.24) is 29.8 Å². The standard InChI is InChI=1S/C18H35N7/c1-7-24(8-2)16-9-10-25(14-16)18(19-3)20-12-17(22(4)5)15-11-21-23(6)13-15/h11,13,16-17H,7-10,12,14H2,1-6H3,(H,19,20). The van der Waals surface area contributed by atoms with Gasteiger partial charge in [-0.1, -0.05) is 13.8 Å². The molecule has 2 atom stereocenters. The van der Waals surface area contributed by atoms with Crippen molar-refractivity contribution < 1.29 is 0 Å². The first-order valence-electron chi connectivity index (χ1n) is 9.34. The van der Waals surface area contributed by atoms with Crippen molar-refractivity contribution in [2.75, 3.05) is 53.9 Å². The minimum absolute atomic E-state index is 0.270. The molecule has 1 aromatic heterocycles. The van der Waals surface area contributed by atoms with E-state index in [0.717, 1.165) is 38.7 Å². The van der Waals surface area contributed by atoms with Gasteiger partial charge in [0.15, 0.2) is 5.96 Å². The van der Waals surface area contributed by atoms with E-state index in [1.165, 1.54) is 12.0 Å². The van der Waals surface area contributed by atoms with E-state index in [0.29, 0.717) is 6.04 Å². The number of likely N-dealkylation sites (N-methyl/N-ethyl adjacent to an activating group) is 2. The van der Waals surface area contributed by atoms with Gasteiger partial charge < -0.3 is 15.1 Å². The van der Waals surface area contributed by atoms with E-state index >= 15 is 0 Å². The van der Waals surface area contributed by atoms with Crippen molar-refractivity contribution in [3.8, 4) is 0 Å². The van der Waals surface area contributed by atoms with Gasteiger partial charge in [-0.05, 0) is 33.6 Å². The van der Waals surface area contributed by atoms with Crippen LogP contribution in [0.5, 0.6) is 0 Å². The van der Waals surface area contributed by atoms with Crippen LogP contribution in [0.4, 0.5) is 0 Å². The molecule has 0 aromatic carbocycles. The fourth-order valence-corrected chi connectivity index (χ4v) is 3.70. The van der Waals surface area contributed by atoms with Gasteiger partial charge in [0.05, 0.1) is 12.2 Å². The second-order valence-electron chi connectivity index (χ2n) is 6.96. The molecule has 25 heavy (non-hydrogen) atoms. The first-order chi connectivity index (χ1) is 12.0. The molecule has 0 aliphatic carbocycles. The minimum Gasteiger partial charge on any atom is -0.354 e. The maximum absolute atomic E-state index is 4.52. The molecule has 0 bridgehead atoms. The third-order valence-electron chi connectivity index (χ3n) is 5.19. The number of nitrogens with one attached hydrogen (secondary N) is 1. The maximum Gasteiger partial charge on any atom is 0.193 e. The molecule has 1 fully saturated rings. The molecule has 1 saturated heterocycles. The highest BCUT2D eigenvalue weighted by molar-refractivity contribution is 5.80. The molecule has 0 spiro atoms. The zero-order chi connectivity index (χ0) is 18.4. The highest BCUT2D eigenvalue weighted by Gasteiger charge is 2.28. The summed E-state index contributed by atoms with van der Waals surface area (Å²) >= 11 is 0. The van der Waals surface area contributed by atoms with E-state index in [9.17, 15) is 0 Å². The molecule has 0 radical (unpaired) electrons. The van der Waals surface area contributed by atoms with Crippen molar-refractivity contribution in [2.45, 2.75) is 32.4 Å². The van der Waals surface area contributed by atoms with Crippen LogP contribution in [0.1, 0.15) is 31.9 Å². The van der Waals surface area contributed by atoms with Crippen molar-refractivity contribution in [3.63, 3.8) is 0 Å². The fourth-order valence-electron chi connectivity index (χ4n) is 3.70. The van der Waals surface area contributed by atoms with E-state index in [1.807, 2.05) is 25.0 Å². The molecule has 2 rings (SSSR count). The van der Waals surface area contributed by atoms with Crippen molar-refractivity contribution in [3.05, 3.63) is 18.0 Å². The molecule has 2 heterocycles. The SMILES string of the molecule is CCN(CC)C1CCN(C(=NC)NCC(c2cnn(C)c2)N(C)C)C1. The van der Waals surface area contributed by atoms with E-state index in [2.05, 4.69) is 64.2 Å². The molecule has 1 aliphatic rings.